The maximum absolute atomic E-state index is 14.5. The van der Waals surface area contributed by atoms with Crippen molar-refractivity contribution in [3.05, 3.63) is 24.3 Å². The van der Waals surface area contributed by atoms with Crippen LogP contribution in [0.1, 0.15) is 150 Å². The highest BCUT2D eigenvalue weighted by atomic mass is 16.8. The van der Waals surface area contributed by atoms with Crippen LogP contribution in [-0.2, 0) is 71.2 Å². The first-order valence-corrected chi connectivity index (χ1v) is 30.3. The van der Waals surface area contributed by atoms with Crippen molar-refractivity contribution in [1.29, 1.82) is 0 Å². The summed E-state index contributed by atoms with van der Waals surface area (Å²) in [6.07, 6.45) is -6.37. The van der Waals surface area contributed by atoms with Gasteiger partial charge in [-0.1, -0.05) is 40.9 Å². The Morgan fingerprint density at radius 3 is 2.04 bits per heavy atom. The maximum atomic E-state index is 14.5. The van der Waals surface area contributed by atoms with Crippen LogP contribution in [-0.4, -0.2) is 200 Å². The van der Waals surface area contributed by atoms with Crippen LogP contribution in [0.4, 0.5) is 0 Å². The summed E-state index contributed by atoms with van der Waals surface area (Å²) in [5.41, 5.74) is 1.88. The summed E-state index contributed by atoms with van der Waals surface area (Å²) in [6.45, 7) is 17.4. The molecule has 2 spiro atoms. The van der Waals surface area contributed by atoms with Crippen molar-refractivity contribution in [1.82, 2.24) is 0 Å². The van der Waals surface area contributed by atoms with E-state index in [9.17, 15) is 40.2 Å². The van der Waals surface area contributed by atoms with Gasteiger partial charge in [0.25, 0.3) is 0 Å². The monoisotopic (exact) mass is 1130 g/mol. The summed E-state index contributed by atoms with van der Waals surface area (Å²) in [7, 11) is 0. The number of esters is 1. The Hall–Kier alpha value is -2.26. The second kappa shape index (κ2) is 21.3. The van der Waals surface area contributed by atoms with Crippen molar-refractivity contribution in [2.24, 2.45) is 23.7 Å². The van der Waals surface area contributed by atoms with Crippen LogP contribution in [0.15, 0.2) is 24.3 Å². The molecular weight excluding hydrogens is 1040 g/mol. The largest absolute Gasteiger partial charge is 0.481 e. The van der Waals surface area contributed by atoms with Crippen molar-refractivity contribution in [2.75, 3.05) is 0 Å². The minimum atomic E-state index is -2.71. The van der Waals surface area contributed by atoms with Crippen LogP contribution in [0, 0.1) is 23.7 Å². The lowest BCUT2D eigenvalue weighted by molar-refractivity contribution is -0.391. The highest BCUT2D eigenvalue weighted by Crippen LogP contribution is 2.56. The minimum Gasteiger partial charge on any atom is -0.481 e. The van der Waals surface area contributed by atoms with E-state index in [1.54, 1.807) is 0 Å². The lowest BCUT2D eigenvalue weighted by atomic mass is 9.78. The number of carbonyl (C=O) groups excluding carboxylic acids is 1. The fourth-order valence-electron chi connectivity index (χ4n) is 17.1. The molecule has 80 heavy (non-hydrogen) atoms. The zero-order valence-electron chi connectivity index (χ0n) is 46.7. The van der Waals surface area contributed by atoms with Gasteiger partial charge < -0.3 is 92.2 Å². The molecule has 0 aromatic carbocycles. The fraction of sp³-hybridized carbons (Fsp3) is 0.898. The Bertz CT molecular complexity index is 2350. The van der Waals surface area contributed by atoms with E-state index >= 15 is 0 Å². The predicted octanol–water partition coefficient (Wildman–Crippen LogP) is 3.91. The topological polar surface area (TPSA) is 276 Å². The van der Waals surface area contributed by atoms with E-state index in [0.29, 0.717) is 70.6 Å². The van der Waals surface area contributed by atoms with Gasteiger partial charge in [-0.25, -0.2) is 0 Å². The molecule has 21 heteroatoms. The van der Waals surface area contributed by atoms with Crippen molar-refractivity contribution in [2.45, 2.75) is 307 Å². The van der Waals surface area contributed by atoms with Gasteiger partial charge in [-0.15, -0.1) is 0 Å². The zero-order valence-corrected chi connectivity index (χ0v) is 46.7. The molecule has 13 aliphatic rings. The van der Waals surface area contributed by atoms with Crippen LogP contribution in [0.2, 0.25) is 0 Å². The smallest absolute Gasteiger partial charge is 0.308 e. The lowest BCUT2D eigenvalue weighted by Gasteiger charge is -2.54. The van der Waals surface area contributed by atoms with E-state index in [1.165, 1.54) is 0 Å². The number of hydrogen-bond acceptors (Lipinski definition) is 20. The number of carboxylic acid groups (broad SMARTS) is 1. The van der Waals surface area contributed by atoms with E-state index in [0.717, 1.165) is 17.6 Å². The molecule has 0 aromatic heterocycles. The van der Waals surface area contributed by atoms with Gasteiger partial charge in [0.15, 0.2) is 29.3 Å². The normalized spacial score (nSPS) is 54.9. The first kappa shape index (κ1) is 56.8. The first-order valence-electron chi connectivity index (χ1n) is 30.3. The van der Waals surface area contributed by atoms with Gasteiger partial charge in [-0.2, -0.15) is 0 Å². The lowest BCUT2D eigenvalue weighted by Crippen LogP contribution is -2.66. The first-order chi connectivity index (χ1) is 38.0. The van der Waals surface area contributed by atoms with Gasteiger partial charge in [0.05, 0.1) is 129 Å². The molecule has 13 aliphatic heterocycles. The van der Waals surface area contributed by atoms with Crippen LogP contribution in [0.3, 0.4) is 0 Å². The molecule has 13 heterocycles. The highest BCUT2D eigenvalue weighted by molar-refractivity contribution is 5.70. The van der Waals surface area contributed by atoms with E-state index in [2.05, 4.69) is 40.9 Å². The van der Waals surface area contributed by atoms with Gasteiger partial charge in [0.2, 0.25) is 0 Å². The summed E-state index contributed by atoms with van der Waals surface area (Å²) < 4.78 is 87.7. The third kappa shape index (κ3) is 10.6. The van der Waals surface area contributed by atoms with Crippen LogP contribution < -0.4 is 0 Å². The van der Waals surface area contributed by atoms with E-state index in [-0.39, 0.29) is 117 Å². The molecule has 13 saturated heterocycles. The Morgan fingerprint density at radius 2 is 1.24 bits per heavy atom. The molecule has 0 aliphatic carbocycles. The van der Waals surface area contributed by atoms with E-state index in [1.807, 2.05) is 0 Å². The third-order valence-electron chi connectivity index (χ3n) is 21.0. The summed E-state index contributed by atoms with van der Waals surface area (Å²) in [5.74, 6) is -8.66. The number of aliphatic hydroxyl groups is 5. The molecule has 1 unspecified atom stereocenters. The standard InChI is InChI=1S/C59H86O21/c1-26-13-32-7-9-37-27(2)14-34(68-37)11-12-59(67)55(64)58(65,66)23-35-15-44(79-59)54-38(70-35)10-8-33(71-54)16-49(63)75-53-31(6)52-43(72-42(53)18-39(69-32)30(26)5)19-41-46(74-52)24-57(76-41)25-47-51(80-57)29(4)22-56(78-47)21-28(3)50-45(77-56)17-36(60)40(73-50)20-48(61)62/h26,28-29,31-47,50-55,60,64-67H,2,5,7-25H2,1,3-4,6H3,(H,61,62)/t26-,28+,29+,31+,32+,33-,34+,35-,36-,37+,38+,39-,40-,41-,42+,43+,44-,45+,46-,47+,50+,51+,52+,53-,54?,55-,56-,57-,59+/m1/s1. The zero-order chi connectivity index (χ0) is 55.9. The SMILES string of the molecule is C=C1C[C@@H]2CC[C@]3(O)O[C@@H]4C[C@H](CC(O)(O)[C@H]3O)O[C@H]3CC[C@H](CC(=O)O[C@@H]5[C@@H](C)[C@@H]6O[C@@H]7C[C@@]8(C[C@@H]9O[C@]%10(C[C@H](C)[C@@H]%11O[C@H](CC(=O)O)[C@H](O)C[C@@H]%11O%10)C[C@H](C)[C@@H]9O8)O[C@@H]7C[C@@H]6O[C@H]5C[C@H]5O[C@@H](CC[C@@H]1O2)C[C@@H](C)C5=C)OC34. The molecule has 0 aromatic rings. The number of carbonyl (C=O) groups is 2. The number of carboxylic acids is 1. The number of hydrogen-bond donors (Lipinski definition) is 6. The van der Waals surface area contributed by atoms with Crippen molar-refractivity contribution in [3.63, 3.8) is 0 Å². The Balaban J connectivity index is 0.726. The van der Waals surface area contributed by atoms with Crippen molar-refractivity contribution in [3.8, 4) is 0 Å². The summed E-state index contributed by atoms with van der Waals surface area (Å²) in [4.78, 5) is 26.0. The van der Waals surface area contributed by atoms with E-state index < -0.39 is 121 Å². The Labute approximate surface area is 467 Å². The molecule has 21 nitrogen and oxygen atoms in total. The maximum Gasteiger partial charge on any atom is 0.308 e. The summed E-state index contributed by atoms with van der Waals surface area (Å²) in [5, 5.41) is 66.4. The van der Waals surface area contributed by atoms with Gasteiger partial charge in [0, 0.05) is 70.1 Å². The third-order valence-corrected chi connectivity index (χ3v) is 21.0. The van der Waals surface area contributed by atoms with E-state index in [4.69, 9.17) is 61.6 Å². The molecule has 9 bridgehead atoms. The molecule has 13 rings (SSSR count). The van der Waals surface area contributed by atoms with Crippen molar-refractivity contribution >= 4 is 11.9 Å². The molecule has 448 valence electrons. The number of rotatable bonds is 2. The molecule has 6 N–H and O–H groups in total. The number of aliphatic carboxylic acids is 1. The number of fused-ring (bicyclic) bond motifs is 12. The molecule has 0 amide bonds. The Morgan fingerprint density at radius 1 is 0.550 bits per heavy atom. The van der Waals surface area contributed by atoms with Crippen LogP contribution in [0.5, 0.6) is 0 Å². The number of aliphatic hydroxyl groups excluding tert-OH is 2. The van der Waals surface area contributed by atoms with Crippen LogP contribution >= 0.6 is 0 Å². The quantitative estimate of drug-likeness (QED) is 0.130. The van der Waals surface area contributed by atoms with Gasteiger partial charge >= 0.3 is 11.9 Å². The predicted molar refractivity (Wildman–Crippen MR) is 275 cm³/mol. The average Bonchev–Trinajstić information content (AvgIpc) is 3.36. The minimum absolute atomic E-state index is 0.0141. The summed E-state index contributed by atoms with van der Waals surface area (Å²) in [6, 6.07) is 0. The molecule has 0 radical (unpaired) electrons. The molecule has 13 fully saturated rings. The van der Waals surface area contributed by atoms with Crippen LogP contribution in [0.25, 0.3) is 0 Å². The average molecular weight is 1130 g/mol. The molecular formula is C59H86O21. The van der Waals surface area contributed by atoms with Gasteiger partial charge in [-0.05, 0) is 73.8 Å². The molecule has 0 saturated carbocycles. The second-order valence-electron chi connectivity index (χ2n) is 27.0. The van der Waals surface area contributed by atoms with Crippen molar-refractivity contribution < 1.29 is 102 Å². The molecule has 29 atom stereocenters. The number of ether oxygens (including phenoxy) is 13. The van der Waals surface area contributed by atoms with Gasteiger partial charge in [0.1, 0.15) is 12.2 Å². The van der Waals surface area contributed by atoms with Gasteiger partial charge in [-0.3, -0.25) is 9.59 Å². The summed E-state index contributed by atoms with van der Waals surface area (Å²) >= 11 is 0. The highest BCUT2D eigenvalue weighted by Gasteiger charge is 2.66. The second-order valence-corrected chi connectivity index (χ2v) is 27.0. The Kier molecular flexibility index (Phi) is 15.1. The fourth-order valence-corrected chi connectivity index (χ4v) is 17.1.